The van der Waals surface area contributed by atoms with Gasteiger partial charge in [0, 0.05) is 7.11 Å². The van der Waals surface area contributed by atoms with Crippen LogP contribution in [0.5, 0.6) is 0 Å². The minimum atomic E-state index is -4.45. The molecule has 0 aliphatic carbocycles. The molecule has 6 heteroatoms. The summed E-state index contributed by atoms with van der Waals surface area (Å²) in [5.74, 6) is -4.45. The molecule has 102 valence electrons. The third-order valence-corrected chi connectivity index (χ3v) is 2.55. The second-order valence-electron chi connectivity index (χ2n) is 3.86. The molecule has 0 saturated heterocycles. The molecular formula is C12H14F4O2. The van der Waals surface area contributed by atoms with Crippen molar-refractivity contribution in [1.29, 1.82) is 0 Å². The molecular weight excluding hydrogens is 252 g/mol. The van der Waals surface area contributed by atoms with Gasteiger partial charge >= 0.3 is 12.3 Å². The van der Waals surface area contributed by atoms with Gasteiger partial charge in [0.1, 0.15) is 6.10 Å². The normalized spacial score (nSPS) is 13.9. The summed E-state index contributed by atoms with van der Waals surface area (Å²) in [6.07, 6.45) is -5.83. The monoisotopic (exact) mass is 266 g/mol. The number of halogens is 4. The topological polar surface area (TPSA) is 29.5 Å². The van der Waals surface area contributed by atoms with E-state index in [1.54, 1.807) is 0 Å². The fraction of sp³-hybridized carbons (Fsp3) is 0.500. The van der Waals surface area contributed by atoms with Gasteiger partial charge in [-0.2, -0.15) is 8.78 Å². The first-order valence-corrected chi connectivity index (χ1v) is 5.31. The number of hydrogen-bond acceptors (Lipinski definition) is 2. The molecule has 1 rings (SSSR count). The first kappa shape index (κ1) is 14.9. The summed E-state index contributed by atoms with van der Waals surface area (Å²) in [4.78, 5) is 0. The van der Waals surface area contributed by atoms with Gasteiger partial charge in [0.25, 0.3) is 0 Å². The van der Waals surface area contributed by atoms with Gasteiger partial charge in [-0.3, -0.25) is 0 Å². The van der Waals surface area contributed by atoms with E-state index in [-0.39, 0.29) is 5.56 Å². The van der Waals surface area contributed by atoms with Crippen LogP contribution in [0, 0.1) is 0 Å². The zero-order valence-electron chi connectivity index (χ0n) is 9.75. The SMILES string of the molecule is COCCc1ccc(C(O)C(F)(F)C(F)F)cc1. The molecule has 1 N–H and O–H groups in total. The van der Waals surface area contributed by atoms with Crippen LogP contribution in [0.2, 0.25) is 0 Å². The number of benzene rings is 1. The summed E-state index contributed by atoms with van der Waals surface area (Å²) < 4.78 is 54.8. The van der Waals surface area contributed by atoms with Crippen molar-refractivity contribution < 1.29 is 27.4 Å². The molecule has 0 fully saturated rings. The lowest BCUT2D eigenvalue weighted by Crippen LogP contribution is -2.34. The fourth-order valence-electron chi connectivity index (χ4n) is 1.43. The number of methoxy groups -OCH3 is 1. The highest BCUT2D eigenvalue weighted by atomic mass is 19.3. The first-order chi connectivity index (χ1) is 8.39. The van der Waals surface area contributed by atoms with Crippen LogP contribution in [0.3, 0.4) is 0 Å². The average Bonchev–Trinajstić information content (AvgIpc) is 2.35. The van der Waals surface area contributed by atoms with Crippen molar-refractivity contribution >= 4 is 0 Å². The van der Waals surface area contributed by atoms with Gasteiger partial charge in [0.15, 0.2) is 0 Å². The summed E-state index contributed by atoms with van der Waals surface area (Å²) in [5.41, 5.74) is 0.578. The van der Waals surface area contributed by atoms with E-state index < -0.39 is 18.5 Å². The Morgan fingerprint density at radius 3 is 2.22 bits per heavy atom. The van der Waals surface area contributed by atoms with E-state index in [1.807, 2.05) is 0 Å². The van der Waals surface area contributed by atoms with Gasteiger partial charge in [-0.1, -0.05) is 24.3 Å². The van der Waals surface area contributed by atoms with Crippen molar-refractivity contribution in [3.8, 4) is 0 Å². The molecule has 0 aliphatic heterocycles. The predicted molar refractivity (Wildman–Crippen MR) is 57.9 cm³/mol. The van der Waals surface area contributed by atoms with Gasteiger partial charge in [0.05, 0.1) is 6.61 Å². The molecule has 0 radical (unpaired) electrons. The Balaban J connectivity index is 2.78. The smallest absolute Gasteiger partial charge is 0.336 e. The zero-order valence-corrected chi connectivity index (χ0v) is 9.75. The van der Waals surface area contributed by atoms with Crippen molar-refractivity contribution in [3.63, 3.8) is 0 Å². The van der Waals surface area contributed by atoms with E-state index in [0.717, 1.165) is 5.56 Å². The molecule has 0 spiro atoms. The van der Waals surface area contributed by atoms with E-state index in [4.69, 9.17) is 4.74 Å². The second-order valence-corrected chi connectivity index (χ2v) is 3.86. The number of rotatable bonds is 6. The summed E-state index contributed by atoms with van der Waals surface area (Å²) in [6, 6.07) is 5.43. The van der Waals surface area contributed by atoms with Crippen LogP contribution in [0.1, 0.15) is 17.2 Å². The number of ether oxygens (including phenoxy) is 1. The third kappa shape index (κ3) is 3.43. The van der Waals surface area contributed by atoms with E-state index in [0.29, 0.717) is 13.0 Å². The van der Waals surface area contributed by atoms with Gasteiger partial charge < -0.3 is 9.84 Å². The lowest BCUT2D eigenvalue weighted by Gasteiger charge is -2.22. The van der Waals surface area contributed by atoms with Crippen LogP contribution in [-0.4, -0.2) is 31.2 Å². The maximum absolute atomic E-state index is 12.9. The van der Waals surface area contributed by atoms with Crippen LogP contribution in [-0.2, 0) is 11.2 Å². The van der Waals surface area contributed by atoms with E-state index >= 15 is 0 Å². The van der Waals surface area contributed by atoms with Crippen molar-refractivity contribution in [2.24, 2.45) is 0 Å². The standard InChI is InChI=1S/C12H14F4O2/c1-18-7-6-8-2-4-9(5-3-8)10(17)12(15,16)11(13)14/h2-5,10-11,17H,6-7H2,1H3. The molecule has 0 bridgehead atoms. The van der Waals surface area contributed by atoms with Gasteiger partial charge in [0.2, 0.25) is 0 Å². The van der Waals surface area contributed by atoms with Crippen molar-refractivity contribution in [2.45, 2.75) is 24.9 Å². The zero-order chi connectivity index (χ0) is 13.8. The highest BCUT2D eigenvalue weighted by molar-refractivity contribution is 5.25. The minimum Gasteiger partial charge on any atom is -0.384 e. The minimum absolute atomic E-state index is 0.235. The lowest BCUT2D eigenvalue weighted by atomic mass is 10.0. The second kappa shape index (κ2) is 6.15. The number of aliphatic hydroxyl groups excluding tert-OH is 1. The Labute approximate surface area is 102 Å². The Hall–Kier alpha value is -1.14. The molecule has 0 heterocycles. The molecule has 18 heavy (non-hydrogen) atoms. The van der Waals surface area contributed by atoms with Crippen molar-refractivity contribution in [3.05, 3.63) is 35.4 Å². The maximum Gasteiger partial charge on any atom is 0.336 e. The third-order valence-electron chi connectivity index (χ3n) is 2.55. The van der Waals surface area contributed by atoms with Crippen LogP contribution < -0.4 is 0 Å². The molecule has 1 aromatic carbocycles. The fourth-order valence-corrected chi connectivity index (χ4v) is 1.43. The Kier molecular flexibility index (Phi) is 5.10. The molecule has 2 nitrogen and oxygen atoms in total. The average molecular weight is 266 g/mol. The predicted octanol–water partition coefficient (Wildman–Crippen LogP) is 2.81. The van der Waals surface area contributed by atoms with E-state index in [9.17, 15) is 22.7 Å². The number of hydrogen-bond donors (Lipinski definition) is 1. The molecule has 1 atom stereocenters. The van der Waals surface area contributed by atoms with Crippen molar-refractivity contribution in [1.82, 2.24) is 0 Å². The molecule has 0 aromatic heterocycles. The van der Waals surface area contributed by atoms with Crippen LogP contribution >= 0.6 is 0 Å². The summed E-state index contributed by atoms with van der Waals surface area (Å²) >= 11 is 0. The Morgan fingerprint density at radius 1 is 1.22 bits per heavy atom. The quantitative estimate of drug-likeness (QED) is 0.802. The van der Waals surface area contributed by atoms with E-state index in [1.165, 1.54) is 31.4 Å². The Bertz CT molecular complexity index is 365. The molecule has 0 aliphatic rings. The highest BCUT2D eigenvalue weighted by Gasteiger charge is 2.48. The summed E-state index contributed by atoms with van der Waals surface area (Å²) in [6.45, 7) is 0.467. The molecule has 0 saturated carbocycles. The largest absolute Gasteiger partial charge is 0.384 e. The van der Waals surface area contributed by atoms with Gasteiger partial charge in [-0.05, 0) is 17.5 Å². The lowest BCUT2D eigenvalue weighted by molar-refractivity contribution is -0.193. The van der Waals surface area contributed by atoms with Crippen molar-refractivity contribution in [2.75, 3.05) is 13.7 Å². The molecule has 0 amide bonds. The number of alkyl halides is 4. The Morgan fingerprint density at radius 2 is 1.78 bits per heavy atom. The highest BCUT2D eigenvalue weighted by Crippen LogP contribution is 2.36. The van der Waals surface area contributed by atoms with Crippen LogP contribution in [0.4, 0.5) is 17.6 Å². The van der Waals surface area contributed by atoms with E-state index in [2.05, 4.69) is 0 Å². The van der Waals surface area contributed by atoms with Crippen LogP contribution in [0.15, 0.2) is 24.3 Å². The number of aliphatic hydroxyl groups is 1. The molecule has 1 aromatic rings. The van der Waals surface area contributed by atoms with Gasteiger partial charge in [-0.15, -0.1) is 0 Å². The summed E-state index contributed by atoms with van der Waals surface area (Å²) in [5, 5.41) is 9.23. The maximum atomic E-state index is 12.9. The molecule has 1 unspecified atom stereocenters. The van der Waals surface area contributed by atoms with Gasteiger partial charge in [-0.25, -0.2) is 8.78 Å². The first-order valence-electron chi connectivity index (χ1n) is 5.31. The van der Waals surface area contributed by atoms with Crippen LogP contribution in [0.25, 0.3) is 0 Å². The summed E-state index contributed by atoms with van der Waals surface area (Å²) in [7, 11) is 1.53.